The van der Waals surface area contributed by atoms with E-state index in [-0.39, 0.29) is 23.2 Å². The fourth-order valence-electron chi connectivity index (χ4n) is 2.04. The first-order valence-electron chi connectivity index (χ1n) is 6.17. The van der Waals surface area contributed by atoms with Crippen LogP contribution < -0.4 is 5.32 Å². The molecule has 0 saturated carbocycles. The van der Waals surface area contributed by atoms with Crippen LogP contribution in [-0.2, 0) is 11.2 Å². The summed E-state index contributed by atoms with van der Waals surface area (Å²) in [6.07, 6.45) is 2.00. The number of rotatable bonds is 4. The van der Waals surface area contributed by atoms with Gasteiger partial charge < -0.3 is 15.4 Å². The zero-order chi connectivity index (χ0) is 14.8. The Morgan fingerprint density at radius 2 is 2.14 bits per heavy atom. The van der Waals surface area contributed by atoms with Crippen molar-refractivity contribution >= 4 is 39.2 Å². The van der Waals surface area contributed by atoms with E-state index in [0.29, 0.717) is 0 Å². The molecule has 0 atom stereocenters. The summed E-state index contributed by atoms with van der Waals surface area (Å²) in [6, 6.07) is 7.72. The Hall–Kier alpha value is -2.67. The highest BCUT2D eigenvalue weighted by molar-refractivity contribution is 7.14. The predicted octanol–water partition coefficient (Wildman–Crippen LogP) is 2.50. The fraction of sp³-hybridized carbons (Fsp3) is 0.0714. The van der Waals surface area contributed by atoms with Crippen LogP contribution >= 0.6 is 11.3 Å². The molecule has 106 valence electrons. The number of hydrogen-bond acceptors (Lipinski definition) is 4. The van der Waals surface area contributed by atoms with Gasteiger partial charge in [0.2, 0.25) is 5.91 Å². The molecule has 3 aromatic rings. The third kappa shape index (κ3) is 2.77. The molecule has 3 N–H and O–H groups in total. The maximum absolute atomic E-state index is 12.0. The predicted molar refractivity (Wildman–Crippen MR) is 79.7 cm³/mol. The number of carboxylic acid groups (broad SMARTS) is 1. The number of carboxylic acids is 1. The molecule has 21 heavy (non-hydrogen) atoms. The monoisotopic (exact) mass is 301 g/mol. The van der Waals surface area contributed by atoms with Gasteiger partial charge in [0, 0.05) is 22.5 Å². The molecule has 7 heteroatoms. The highest BCUT2D eigenvalue weighted by atomic mass is 32.1. The molecular formula is C14H11N3O3S. The lowest BCUT2D eigenvalue weighted by Crippen LogP contribution is -2.14. The van der Waals surface area contributed by atoms with Gasteiger partial charge in [-0.05, 0) is 11.6 Å². The number of hydrogen-bond donors (Lipinski definition) is 3. The van der Waals surface area contributed by atoms with Gasteiger partial charge in [-0.2, -0.15) is 0 Å². The van der Waals surface area contributed by atoms with Gasteiger partial charge in [0.25, 0.3) is 0 Å². The molecule has 1 aromatic carbocycles. The Bertz CT molecular complexity index is 822. The third-order valence-corrected chi connectivity index (χ3v) is 3.75. The zero-order valence-corrected chi connectivity index (χ0v) is 11.6. The Balaban J connectivity index is 1.72. The summed E-state index contributed by atoms with van der Waals surface area (Å²) in [7, 11) is 0. The van der Waals surface area contributed by atoms with Crippen molar-refractivity contribution in [2.24, 2.45) is 0 Å². The van der Waals surface area contributed by atoms with E-state index < -0.39 is 5.97 Å². The maximum Gasteiger partial charge on any atom is 0.355 e. The Labute approximate surface area is 123 Å². The van der Waals surface area contributed by atoms with Crippen LogP contribution in [0, 0.1) is 0 Å². The lowest BCUT2D eigenvalue weighted by atomic mass is 10.1. The van der Waals surface area contributed by atoms with Crippen LogP contribution in [0.1, 0.15) is 16.1 Å². The number of carbonyl (C=O) groups excluding carboxylic acids is 1. The summed E-state index contributed by atoms with van der Waals surface area (Å²) < 4.78 is 0. The molecule has 0 fully saturated rings. The normalized spacial score (nSPS) is 10.7. The molecule has 3 rings (SSSR count). The molecule has 0 saturated heterocycles. The zero-order valence-electron chi connectivity index (χ0n) is 10.8. The molecular weight excluding hydrogens is 290 g/mol. The van der Waals surface area contributed by atoms with Gasteiger partial charge >= 0.3 is 5.97 Å². The molecule has 0 aliphatic carbocycles. The van der Waals surface area contributed by atoms with E-state index in [1.165, 1.54) is 5.38 Å². The van der Waals surface area contributed by atoms with E-state index in [9.17, 15) is 9.59 Å². The lowest BCUT2D eigenvalue weighted by molar-refractivity contribution is -0.115. The van der Waals surface area contributed by atoms with E-state index in [0.717, 1.165) is 27.8 Å². The van der Waals surface area contributed by atoms with Crippen LogP contribution in [0.3, 0.4) is 0 Å². The molecule has 0 bridgehead atoms. The van der Waals surface area contributed by atoms with E-state index in [1.807, 2.05) is 24.3 Å². The minimum absolute atomic E-state index is 0.0672. The van der Waals surface area contributed by atoms with Gasteiger partial charge in [-0.15, -0.1) is 11.3 Å². The maximum atomic E-state index is 12.0. The summed E-state index contributed by atoms with van der Waals surface area (Å²) in [6.45, 7) is 0. The van der Waals surface area contributed by atoms with Crippen LogP contribution in [0.15, 0.2) is 35.8 Å². The number of anilines is 1. The molecule has 0 aliphatic heterocycles. The standard InChI is InChI=1S/C14H11N3O3S/c18-12(17-14-16-11(7-21-14)13(19)20)5-8-6-15-10-4-2-1-3-9(8)10/h1-4,6-7,15H,5H2,(H,19,20)(H,16,17,18). The van der Waals surface area contributed by atoms with Crippen molar-refractivity contribution < 1.29 is 14.7 Å². The average Bonchev–Trinajstić information content (AvgIpc) is 3.07. The van der Waals surface area contributed by atoms with Crippen molar-refractivity contribution in [3.63, 3.8) is 0 Å². The first-order chi connectivity index (χ1) is 10.1. The topological polar surface area (TPSA) is 95.1 Å². The fourth-order valence-corrected chi connectivity index (χ4v) is 2.74. The largest absolute Gasteiger partial charge is 0.476 e. The SMILES string of the molecule is O=C(Cc1c[nH]c2ccccc12)Nc1nc(C(=O)O)cs1. The minimum atomic E-state index is -1.11. The molecule has 0 unspecified atom stereocenters. The number of thiazole rings is 1. The number of para-hydroxylation sites is 1. The quantitative estimate of drug-likeness (QED) is 0.690. The first-order valence-corrected chi connectivity index (χ1v) is 7.05. The molecule has 2 heterocycles. The van der Waals surface area contributed by atoms with Crippen LogP contribution in [0.5, 0.6) is 0 Å². The number of benzene rings is 1. The lowest BCUT2D eigenvalue weighted by Gasteiger charge is -2.00. The average molecular weight is 301 g/mol. The van der Waals surface area contributed by atoms with Crippen molar-refractivity contribution in [1.29, 1.82) is 0 Å². The van der Waals surface area contributed by atoms with Crippen LogP contribution in [0.25, 0.3) is 10.9 Å². The van der Waals surface area contributed by atoms with Crippen molar-refractivity contribution in [3.8, 4) is 0 Å². The summed E-state index contributed by atoms with van der Waals surface area (Å²) >= 11 is 1.09. The molecule has 2 aromatic heterocycles. The smallest absolute Gasteiger partial charge is 0.355 e. The van der Waals surface area contributed by atoms with Gasteiger partial charge in [-0.25, -0.2) is 9.78 Å². The number of carbonyl (C=O) groups is 2. The van der Waals surface area contributed by atoms with Crippen molar-refractivity contribution in [2.75, 3.05) is 5.32 Å². The van der Waals surface area contributed by atoms with Gasteiger partial charge in [-0.1, -0.05) is 18.2 Å². The number of nitrogens with zero attached hydrogens (tertiary/aromatic N) is 1. The van der Waals surface area contributed by atoms with Gasteiger partial charge in [0.15, 0.2) is 10.8 Å². The Morgan fingerprint density at radius 3 is 2.90 bits per heavy atom. The van der Waals surface area contributed by atoms with Gasteiger partial charge in [0.1, 0.15) is 0 Å². The van der Waals surface area contributed by atoms with Gasteiger partial charge in [-0.3, -0.25) is 4.79 Å². The highest BCUT2D eigenvalue weighted by Crippen LogP contribution is 2.19. The molecule has 0 spiro atoms. The van der Waals surface area contributed by atoms with E-state index in [2.05, 4.69) is 15.3 Å². The van der Waals surface area contributed by atoms with Crippen LogP contribution in [-0.4, -0.2) is 27.0 Å². The van der Waals surface area contributed by atoms with Crippen LogP contribution in [0.4, 0.5) is 5.13 Å². The van der Waals surface area contributed by atoms with E-state index >= 15 is 0 Å². The summed E-state index contributed by atoms with van der Waals surface area (Å²) in [5.74, 6) is -1.34. The number of fused-ring (bicyclic) bond motifs is 1. The Kier molecular flexibility index (Phi) is 3.41. The third-order valence-electron chi connectivity index (χ3n) is 3.00. The van der Waals surface area contributed by atoms with Crippen molar-refractivity contribution in [3.05, 3.63) is 47.1 Å². The number of amides is 1. The van der Waals surface area contributed by atoms with Gasteiger partial charge in [0.05, 0.1) is 6.42 Å². The van der Waals surface area contributed by atoms with E-state index in [4.69, 9.17) is 5.11 Å². The number of aromatic nitrogens is 2. The number of H-pyrrole nitrogens is 1. The summed E-state index contributed by atoms with van der Waals surface area (Å²) in [4.78, 5) is 29.7. The number of aromatic amines is 1. The molecule has 1 amide bonds. The van der Waals surface area contributed by atoms with E-state index in [1.54, 1.807) is 6.20 Å². The molecule has 6 nitrogen and oxygen atoms in total. The second kappa shape index (κ2) is 5.37. The molecule has 0 aliphatic rings. The minimum Gasteiger partial charge on any atom is -0.476 e. The van der Waals surface area contributed by atoms with Crippen molar-refractivity contribution in [2.45, 2.75) is 6.42 Å². The van der Waals surface area contributed by atoms with Crippen molar-refractivity contribution in [1.82, 2.24) is 9.97 Å². The second-order valence-corrected chi connectivity index (χ2v) is 5.29. The number of nitrogens with one attached hydrogen (secondary N) is 2. The van der Waals surface area contributed by atoms with Crippen LogP contribution in [0.2, 0.25) is 0 Å². The highest BCUT2D eigenvalue weighted by Gasteiger charge is 2.12. The second-order valence-electron chi connectivity index (χ2n) is 4.43. The summed E-state index contributed by atoms with van der Waals surface area (Å²) in [5, 5.41) is 14.1. The Morgan fingerprint density at radius 1 is 1.33 bits per heavy atom. The summed E-state index contributed by atoms with van der Waals surface area (Å²) in [5.41, 5.74) is 1.79. The molecule has 0 radical (unpaired) electrons. The first kappa shape index (κ1) is 13.3. The number of aromatic carboxylic acids is 1.